The zero-order chi connectivity index (χ0) is 10.1. The van der Waals surface area contributed by atoms with Crippen LogP contribution in [0, 0.1) is 6.92 Å². The molecule has 2 rings (SSSR count). The number of nitrogens with zero attached hydrogens (tertiary/aromatic N) is 1. The highest BCUT2D eigenvalue weighted by Crippen LogP contribution is 2.43. The summed E-state index contributed by atoms with van der Waals surface area (Å²) in [6, 6.07) is 10.2. The average Bonchev–Trinajstić information content (AvgIpc) is 2.79. The minimum Gasteiger partial charge on any atom is -0.290 e. The van der Waals surface area contributed by atoms with Crippen molar-refractivity contribution in [3.63, 3.8) is 0 Å². The first-order chi connectivity index (χ1) is 6.75. The molecular weight excluding hydrogens is 170 g/mol. The zero-order valence-corrected chi connectivity index (χ0v) is 9.33. The largest absolute Gasteiger partial charge is 0.290 e. The molecule has 0 saturated carbocycles. The van der Waals surface area contributed by atoms with Crippen LogP contribution in [-0.2, 0) is 0 Å². The van der Waals surface area contributed by atoms with Crippen molar-refractivity contribution in [2.45, 2.75) is 39.3 Å². The summed E-state index contributed by atoms with van der Waals surface area (Å²) in [6.07, 6.45) is 1.26. The Bertz CT molecular complexity index is 319. The lowest BCUT2D eigenvalue weighted by atomic mass is 10.0. The van der Waals surface area contributed by atoms with Gasteiger partial charge in [-0.15, -0.1) is 0 Å². The summed E-state index contributed by atoms with van der Waals surface area (Å²) in [7, 11) is 0. The molecule has 1 heteroatoms. The van der Waals surface area contributed by atoms with Crippen LogP contribution in [0.2, 0.25) is 0 Å². The van der Waals surface area contributed by atoms with Gasteiger partial charge in [0.1, 0.15) is 0 Å². The maximum absolute atomic E-state index is 2.57. The van der Waals surface area contributed by atoms with Crippen molar-refractivity contribution in [3.8, 4) is 0 Å². The molecule has 1 unspecified atom stereocenters. The van der Waals surface area contributed by atoms with E-state index in [4.69, 9.17) is 0 Å². The van der Waals surface area contributed by atoms with E-state index in [0.717, 1.165) is 6.04 Å². The molecule has 1 aliphatic heterocycles. The molecule has 1 aliphatic rings. The van der Waals surface area contributed by atoms with Crippen LogP contribution in [-0.4, -0.2) is 17.5 Å². The van der Waals surface area contributed by atoms with Crippen molar-refractivity contribution in [2.75, 3.05) is 6.54 Å². The third kappa shape index (κ3) is 1.57. The van der Waals surface area contributed by atoms with Gasteiger partial charge >= 0.3 is 0 Å². The van der Waals surface area contributed by atoms with Crippen LogP contribution in [0.3, 0.4) is 0 Å². The Labute approximate surface area is 86.7 Å². The van der Waals surface area contributed by atoms with Gasteiger partial charge in [-0.2, -0.15) is 0 Å². The number of aryl methyl sites for hydroxylation is 1. The summed E-state index contributed by atoms with van der Waals surface area (Å²) in [5, 5.41) is 0. The second kappa shape index (κ2) is 3.74. The molecule has 76 valence electrons. The van der Waals surface area contributed by atoms with Crippen molar-refractivity contribution in [3.05, 3.63) is 35.4 Å². The van der Waals surface area contributed by atoms with Crippen LogP contribution in [0.4, 0.5) is 0 Å². The minimum atomic E-state index is 0.691. The molecule has 0 spiro atoms. The molecule has 14 heavy (non-hydrogen) atoms. The number of hydrogen-bond donors (Lipinski definition) is 0. The molecule has 1 aromatic rings. The fourth-order valence-electron chi connectivity index (χ4n) is 2.37. The smallest absolute Gasteiger partial charge is 0.0507 e. The Morgan fingerprint density at radius 1 is 1.29 bits per heavy atom. The van der Waals surface area contributed by atoms with E-state index in [0.29, 0.717) is 6.04 Å². The van der Waals surface area contributed by atoms with Crippen LogP contribution in [0.15, 0.2) is 24.3 Å². The van der Waals surface area contributed by atoms with Gasteiger partial charge in [0.2, 0.25) is 0 Å². The van der Waals surface area contributed by atoms with E-state index in [-0.39, 0.29) is 0 Å². The molecule has 1 aromatic carbocycles. The standard InChI is InChI=1S/C13H19N/c1-4-9-14-11(3)13(14)12-8-6-5-7-10(12)2/h5-8,11,13H,4,9H2,1-3H3/t11-,13+,14?/m0/s1. The van der Waals surface area contributed by atoms with Crippen LogP contribution >= 0.6 is 0 Å². The second-order valence-electron chi connectivity index (χ2n) is 4.28. The van der Waals surface area contributed by atoms with E-state index in [1.807, 2.05) is 0 Å². The minimum absolute atomic E-state index is 0.691. The van der Waals surface area contributed by atoms with Gasteiger partial charge in [-0.3, -0.25) is 4.90 Å². The molecule has 0 amide bonds. The van der Waals surface area contributed by atoms with E-state index < -0.39 is 0 Å². The maximum Gasteiger partial charge on any atom is 0.0507 e. The summed E-state index contributed by atoms with van der Waals surface area (Å²) in [5.41, 5.74) is 2.96. The van der Waals surface area contributed by atoms with Crippen molar-refractivity contribution < 1.29 is 0 Å². The Morgan fingerprint density at radius 2 is 2.00 bits per heavy atom. The molecule has 1 saturated heterocycles. The van der Waals surface area contributed by atoms with Gasteiger partial charge in [-0.05, 0) is 37.9 Å². The first-order valence-electron chi connectivity index (χ1n) is 5.57. The van der Waals surface area contributed by atoms with Gasteiger partial charge in [0, 0.05) is 6.04 Å². The molecule has 0 aromatic heterocycles. The van der Waals surface area contributed by atoms with Crippen LogP contribution in [0.25, 0.3) is 0 Å². The van der Waals surface area contributed by atoms with E-state index >= 15 is 0 Å². The Morgan fingerprint density at radius 3 is 2.64 bits per heavy atom. The Balaban J connectivity index is 2.14. The SMILES string of the molecule is CCCN1[C@@H](C)[C@@H]1c1ccccc1C. The summed E-state index contributed by atoms with van der Waals surface area (Å²) in [4.78, 5) is 2.57. The Kier molecular flexibility index (Phi) is 2.60. The highest BCUT2D eigenvalue weighted by Gasteiger charge is 2.44. The van der Waals surface area contributed by atoms with Crippen LogP contribution in [0.5, 0.6) is 0 Å². The molecule has 0 N–H and O–H groups in total. The third-order valence-electron chi connectivity index (χ3n) is 3.24. The topological polar surface area (TPSA) is 3.01 Å². The van der Waals surface area contributed by atoms with Crippen molar-refractivity contribution >= 4 is 0 Å². The lowest BCUT2D eigenvalue weighted by Gasteiger charge is -2.04. The summed E-state index contributed by atoms with van der Waals surface area (Å²) in [6.45, 7) is 8.03. The summed E-state index contributed by atoms with van der Waals surface area (Å²) < 4.78 is 0. The normalized spacial score (nSPS) is 30.4. The molecule has 0 bridgehead atoms. The van der Waals surface area contributed by atoms with E-state index in [1.54, 1.807) is 0 Å². The van der Waals surface area contributed by atoms with Crippen molar-refractivity contribution in [2.24, 2.45) is 0 Å². The van der Waals surface area contributed by atoms with Crippen molar-refractivity contribution in [1.82, 2.24) is 4.90 Å². The highest BCUT2D eigenvalue weighted by molar-refractivity contribution is 5.33. The predicted molar refractivity (Wildman–Crippen MR) is 60.4 cm³/mol. The zero-order valence-electron chi connectivity index (χ0n) is 9.33. The lowest BCUT2D eigenvalue weighted by Crippen LogP contribution is -2.01. The lowest BCUT2D eigenvalue weighted by molar-refractivity contribution is 0.485. The monoisotopic (exact) mass is 189 g/mol. The molecule has 1 nitrogen and oxygen atoms in total. The molecule has 1 heterocycles. The number of benzene rings is 1. The molecule has 0 radical (unpaired) electrons. The quantitative estimate of drug-likeness (QED) is 0.660. The fourth-order valence-corrected chi connectivity index (χ4v) is 2.37. The molecule has 3 atom stereocenters. The van der Waals surface area contributed by atoms with E-state index in [1.165, 1.54) is 24.1 Å². The van der Waals surface area contributed by atoms with E-state index in [2.05, 4.69) is 49.9 Å². The van der Waals surface area contributed by atoms with Gasteiger partial charge in [0.25, 0.3) is 0 Å². The van der Waals surface area contributed by atoms with E-state index in [9.17, 15) is 0 Å². The number of rotatable bonds is 3. The van der Waals surface area contributed by atoms with Gasteiger partial charge in [0.15, 0.2) is 0 Å². The third-order valence-corrected chi connectivity index (χ3v) is 3.24. The fraction of sp³-hybridized carbons (Fsp3) is 0.538. The van der Waals surface area contributed by atoms with Gasteiger partial charge in [-0.25, -0.2) is 0 Å². The summed E-state index contributed by atoms with van der Waals surface area (Å²) in [5.74, 6) is 0. The van der Waals surface area contributed by atoms with Gasteiger partial charge < -0.3 is 0 Å². The first kappa shape index (κ1) is 9.72. The summed E-state index contributed by atoms with van der Waals surface area (Å²) >= 11 is 0. The number of hydrogen-bond acceptors (Lipinski definition) is 1. The van der Waals surface area contributed by atoms with Crippen LogP contribution < -0.4 is 0 Å². The van der Waals surface area contributed by atoms with Gasteiger partial charge in [-0.1, -0.05) is 31.2 Å². The second-order valence-corrected chi connectivity index (χ2v) is 4.28. The Hall–Kier alpha value is -0.820. The highest BCUT2D eigenvalue weighted by atomic mass is 15.3. The van der Waals surface area contributed by atoms with Gasteiger partial charge in [0.05, 0.1) is 6.04 Å². The molecule has 0 aliphatic carbocycles. The average molecular weight is 189 g/mol. The van der Waals surface area contributed by atoms with Crippen LogP contribution in [0.1, 0.15) is 37.4 Å². The maximum atomic E-state index is 2.57. The van der Waals surface area contributed by atoms with Crippen molar-refractivity contribution in [1.29, 1.82) is 0 Å². The molecule has 1 fully saturated rings. The predicted octanol–water partition coefficient (Wildman–Crippen LogP) is 3.15. The first-order valence-corrected chi connectivity index (χ1v) is 5.57. The molecular formula is C13H19N.